The second-order valence-electron chi connectivity index (χ2n) is 4.23. The Balaban J connectivity index is 2.18. The third-order valence-electron chi connectivity index (χ3n) is 3.20. The lowest BCUT2D eigenvalue weighted by molar-refractivity contribution is 0.694. The van der Waals surface area contributed by atoms with E-state index in [1.54, 1.807) is 0 Å². The fraction of sp³-hybridized carbons (Fsp3) is 0.417. The maximum atomic E-state index is 4.56. The van der Waals surface area contributed by atoms with Gasteiger partial charge in [-0.15, -0.1) is 0 Å². The summed E-state index contributed by atoms with van der Waals surface area (Å²) in [5.41, 5.74) is 2.48. The summed E-state index contributed by atoms with van der Waals surface area (Å²) in [6.45, 7) is 4.32. The highest BCUT2D eigenvalue weighted by molar-refractivity contribution is 5.47. The molecule has 0 saturated carbocycles. The fourth-order valence-electron chi connectivity index (χ4n) is 2.41. The smallest absolute Gasteiger partial charge is 0.117 e. The summed E-state index contributed by atoms with van der Waals surface area (Å²) in [5, 5.41) is 3.39. The van der Waals surface area contributed by atoms with Crippen LogP contribution < -0.4 is 5.32 Å². The van der Waals surface area contributed by atoms with E-state index in [0.29, 0.717) is 5.92 Å². The number of aromatic nitrogens is 2. The second kappa shape index (κ2) is 3.35. The van der Waals surface area contributed by atoms with Gasteiger partial charge in [-0.25, -0.2) is 4.98 Å². The predicted molar refractivity (Wildman–Crippen MR) is 60.2 cm³/mol. The van der Waals surface area contributed by atoms with Gasteiger partial charge in [0.15, 0.2) is 0 Å². The van der Waals surface area contributed by atoms with Crippen LogP contribution in [0.15, 0.2) is 24.4 Å². The van der Waals surface area contributed by atoms with E-state index in [1.807, 2.05) is 6.20 Å². The Kier molecular flexibility index (Phi) is 1.99. The lowest BCUT2D eigenvalue weighted by Crippen LogP contribution is -2.10. The first-order valence-corrected chi connectivity index (χ1v) is 5.50. The molecular formula is C12H15N3. The van der Waals surface area contributed by atoms with E-state index in [4.69, 9.17) is 0 Å². The van der Waals surface area contributed by atoms with Crippen LogP contribution in [-0.2, 0) is 0 Å². The molecule has 2 aromatic rings. The Labute approximate surface area is 89.1 Å². The van der Waals surface area contributed by atoms with Gasteiger partial charge in [0.2, 0.25) is 0 Å². The van der Waals surface area contributed by atoms with Crippen molar-refractivity contribution < 1.29 is 0 Å². The van der Waals surface area contributed by atoms with Crippen molar-refractivity contribution in [3.8, 4) is 0 Å². The van der Waals surface area contributed by atoms with Crippen LogP contribution in [-0.4, -0.2) is 22.5 Å². The molecule has 1 atom stereocenters. The summed E-state index contributed by atoms with van der Waals surface area (Å²) in [6.07, 6.45) is 3.17. The lowest BCUT2D eigenvalue weighted by Gasteiger charge is -2.09. The highest BCUT2D eigenvalue weighted by Crippen LogP contribution is 2.23. The molecule has 0 aromatic carbocycles. The SMILES string of the molecule is Cc1cccc2cnc(C3CCNC3)n12. The van der Waals surface area contributed by atoms with Crippen molar-refractivity contribution in [2.24, 2.45) is 0 Å². The summed E-state index contributed by atoms with van der Waals surface area (Å²) in [5.74, 6) is 1.79. The van der Waals surface area contributed by atoms with Gasteiger partial charge in [-0.2, -0.15) is 0 Å². The summed E-state index contributed by atoms with van der Waals surface area (Å²) < 4.78 is 2.28. The van der Waals surface area contributed by atoms with E-state index in [1.165, 1.54) is 23.5 Å². The minimum atomic E-state index is 0.577. The molecule has 1 aliphatic rings. The zero-order valence-corrected chi connectivity index (χ0v) is 8.90. The van der Waals surface area contributed by atoms with Gasteiger partial charge >= 0.3 is 0 Å². The van der Waals surface area contributed by atoms with Gasteiger partial charge in [0, 0.05) is 18.2 Å². The van der Waals surface area contributed by atoms with Crippen LogP contribution in [0.3, 0.4) is 0 Å². The van der Waals surface area contributed by atoms with Crippen LogP contribution in [0.5, 0.6) is 0 Å². The number of rotatable bonds is 1. The zero-order chi connectivity index (χ0) is 10.3. The molecule has 3 nitrogen and oxygen atoms in total. The number of nitrogens with zero attached hydrogens (tertiary/aromatic N) is 2. The van der Waals surface area contributed by atoms with Crippen molar-refractivity contribution in [3.63, 3.8) is 0 Å². The third kappa shape index (κ3) is 1.35. The first-order chi connectivity index (χ1) is 7.36. The van der Waals surface area contributed by atoms with Gasteiger partial charge in [0.05, 0.1) is 11.7 Å². The Hall–Kier alpha value is -1.35. The molecule has 1 unspecified atom stereocenters. The van der Waals surface area contributed by atoms with Crippen LogP contribution in [0, 0.1) is 6.92 Å². The normalized spacial score (nSPS) is 21.3. The van der Waals surface area contributed by atoms with Crippen LogP contribution in [0.1, 0.15) is 23.9 Å². The average molecular weight is 201 g/mol. The predicted octanol–water partition coefficient (Wildman–Crippen LogP) is 1.72. The molecule has 1 N–H and O–H groups in total. The fourth-order valence-corrected chi connectivity index (χ4v) is 2.41. The van der Waals surface area contributed by atoms with Gasteiger partial charge in [0.1, 0.15) is 5.82 Å². The van der Waals surface area contributed by atoms with Crippen LogP contribution >= 0.6 is 0 Å². The average Bonchev–Trinajstić information content (AvgIpc) is 2.85. The maximum Gasteiger partial charge on any atom is 0.117 e. The number of imidazole rings is 1. The largest absolute Gasteiger partial charge is 0.316 e. The monoisotopic (exact) mass is 201 g/mol. The van der Waals surface area contributed by atoms with E-state index in [9.17, 15) is 0 Å². The van der Waals surface area contributed by atoms with Crippen molar-refractivity contribution in [3.05, 3.63) is 35.9 Å². The summed E-state index contributed by atoms with van der Waals surface area (Å²) in [6, 6.07) is 6.34. The van der Waals surface area contributed by atoms with Gasteiger partial charge in [-0.1, -0.05) is 6.07 Å². The Bertz CT molecular complexity index is 481. The summed E-state index contributed by atoms with van der Waals surface area (Å²) >= 11 is 0. The highest BCUT2D eigenvalue weighted by atomic mass is 15.0. The molecule has 3 heteroatoms. The molecule has 1 fully saturated rings. The molecule has 1 saturated heterocycles. The molecule has 2 aromatic heterocycles. The zero-order valence-electron chi connectivity index (χ0n) is 8.90. The van der Waals surface area contributed by atoms with Gasteiger partial charge < -0.3 is 9.72 Å². The number of hydrogen-bond donors (Lipinski definition) is 1. The number of aryl methyl sites for hydroxylation is 1. The molecule has 0 spiro atoms. The molecule has 0 bridgehead atoms. The van der Waals surface area contributed by atoms with Crippen LogP contribution in [0.2, 0.25) is 0 Å². The molecule has 3 heterocycles. The summed E-state index contributed by atoms with van der Waals surface area (Å²) in [7, 11) is 0. The summed E-state index contributed by atoms with van der Waals surface area (Å²) in [4.78, 5) is 4.56. The van der Waals surface area contributed by atoms with Crippen molar-refractivity contribution in [1.29, 1.82) is 0 Å². The molecule has 1 aliphatic heterocycles. The number of pyridine rings is 1. The van der Waals surface area contributed by atoms with Crippen LogP contribution in [0.25, 0.3) is 5.52 Å². The lowest BCUT2D eigenvalue weighted by atomic mass is 10.1. The highest BCUT2D eigenvalue weighted by Gasteiger charge is 2.21. The molecule has 0 amide bonds. The van der Waals surface area contributed by atoms with Crippen LogP contribution in [0.4, 0.5) is 0 Å². The van der Waals surface area contributed by atoms with E-state index < -0.39 is 0 Å². The molecule has 15 heavy (non-hydrogen) atoms. The molecule has 0 radical (unpaired) electrons. The number of hydrogen-bond acceptors (Lipinski definition) is 2. The number of fused-ring (bicyclic) bond motifs is 1. The molecular weight excluding hydrogens is 186 g/mol. The first kappa shape index (κ1) is 8.92. The standard InChI is InChI=1S/C12H15N3/c1-9-3-2-4-11-8-14-12(15(9)11)10-5-6-13-7-10/h2-4,8,10,13H,5-7H2,1H3. The Morgan fingerprint density at radius 2 is 2.40 bits per heavy atom. The second-order valence-corrected chi connectivity index (χ2v) is 4.23. The van der Waals surface area contributed by atoms with Gasteiger partial charge in [0.25, 0.3) is 0 Å². The maximum absolute atomic E-state index is 4.56. The van der Waals surface area contributed by atoms with E-state index >= 15 is 0 Å². The van der Waals surface area contributed by atoms with E-state index in [-0.39, 0.29) is 0 Å². The molecule has 78 valence electrons. The Morgan fingerprint density at radius 3 is 3.20 bits per heavy atom. The molecule has 0 aliphatic carbocycles. The third-order valence-corrected chi connectivity index (χ3v) is 3.20. The number of nitrogens with one attached hydrogen (secondary N) is 1. The molecule has 3 rings (SSSR count). The first-order valence-electron chi connectivity index (χ1n) is 5.50. The topological polar surface area (TPSA) is 29.3 Å². The van der Waals surface area contributed by atoms with Crippen molar-refractivity contribution in [2.75, 3.05) is 13.1 Å². The van der Waals surface area contributed by atoms with Gasteiger partial charge in [-0.3, -0.25) is 0 Å². The van der Waals surface area contributed by atoms with Crippen molar-refractivity contribution in [2.45, 2.75) is 19.3 Å². The van der Waals surface area contributed by atoms with Crippen molar-refractivity contribution >= 4 is 5.52 Å². The van der Waals surface area contributed by atoms with Crippen molar-refractivity contribution in [1.82, 2.24) is 14.7 Å². The quantitative estimate of drug-likeness (QED) is 0.761. The minimum absolute atomic E-state index is 0.577. The Morgan fingerprint density at radius 1 is 1.47 bits per heavy atom. The minimum Gasteiger partial charge on any atom is -0.316 e. The van der Waals surface area contributed by atoms with Gasteiger partial charge in [-0.05, 0) is 32.0 Å². The van der Waals surface area contributed by atoms with E-state index in [2.05, 4.69) is 39.8 Å². The van der Waals surface area contributed by atoms with E-state index in [0.717, 1.165) is 13.1 Å².